The van der Waals surface area contributed by atoms with E-state index in [1.54, 1.807) is 41.5 Å². The number of nitro groups is 3. The van der Waals surface area contributed by atoms with Crippen LogP contribution in [0, 0.1) is 30.3 Å². The van der Waals surface area contributed by atoms with Crippen LogP contribution in [0.2, 0.25) is 0 Å². The fourth-order valence-electron chi connectivity index (χ4n) is 2.07. The van der Waals surface area contributed by atoms with Gasteiger partial charge in [0.25, 0.3) is 0 Å². The van der Waals surface area contributed by atoms with Gasteiger partial charge in [0, 0.05) is 88.4 Å². The van der Waals surface area contributed by atoms with Gasteiger partial charge in [0.1, 0.15) is 0 Å². The van der Waals surface area contributed by atoms with Crippen LogP contribution < -0.4 is 0 Å². The highest BCUT2D eigenvalue weighted by Gasteiger charge is 2.30. The second kappa shape index (κ2) is 24.2. The van der Waals surface area contributed by atoms with Crippen molar-refractivity contribution >= 4 is 22.4 Å². The van der Waals surface area contributed by atoms with Gasteiger partial charge in [-0.05, 0) is 19.3 Å². The van der Waals surface area contributed by atoms with E-state index in [4.69, 9.17) is 9.29 Å². The maximum Gasteiger partial charge on any atom is 0.304 e. The molecule has 17 heteroatoms. The Morgan fingerprint density at radius 1 is 0.718 bits per heavy atom. The van der Waals surface area contributed by atoms with Gasteiger partial charge in [-0.15, -0.1) is 0 Å². The van der Waals surface area contributed by atoms with Gasteiger partial charge in [-0.3, -0.25) is 42.9 Å². The lowest BCUT2D eigenvalue weighted by molar-refractivity contribution is -0.561. The molecule has 0 amide bonds. The Labute approximate surface area is 237 Å². The number of aliphatic hydroxyl groups is 1. The second-order valence-corrected chi connectivity index (χ2v) is 12.1. The summed E-state index contributed by atoms with van der Waals surface area (Å²) in [6.45, 7) is 11.8. The van der Waals surface area contributed by atoms with Crippen molar-refractivity contribution in [3.8, 4) is 0 Å². The Balaban J connectivity index is -0.000000220. The van der Waals surface area contributed by atoms with Crippen LogP contribution in [-0.2, 0) is 35.0 Å². The monoisotopic (exact) mass is 611 g/mol. The highest BCUT2D eigenvalue weighted by Crippen LogP contribution is 2.16. The minimum atomic E-state index is -1.74. The third-order valence-electron chi connectivity index (χ3n) is 5.05. The molecule has 0 saturated heterocycles. The minimum absolute atomic E-state index is 0.0251. The largest absolute Gasteiger partial charge is 0.396 e. The molecular formula is C22H49N3O12S2. The van der Waals surface area contributed by atoms with E-state index >= 15 is 0 Å². The van der Waals surface area contributed by atoms with Crippen molar-refractivity contribution in [1.82, 2.24) is 0 Å². The van der Waals surface area contributed by atoms with Crippen LogP contribution in [0.4, 0.5) is 0 Å². The summed E-state index contributed by atoms with van der Waals surface area (Å²) in [7, 11) is 2.66. The molecule has 236 valence electrons. The van der Waals surface area contributed by atoms with Crippen LogP contribution in [0.15, 0.2) is 0 Å². The molecule has 0 aromatic rings. The Morgan fingerprint density at radius 3 is 1.31 bits per heavy atom. The third kappa shape index (κ3) is 29.2. The topological polar surface area (TPSA) is 211 Å². The standard InChI is InChI=1S/C7H15NO5S.C7H15NO2.C6H13NO3.C2H6O2S/c1-7(2,8(9)10)5-4-6-13-14(11)12-3;1-4-5-6-7(2,3)8(9)10;1-6(2,7(9)10)4-3-5-8;1-4-5(2)3/h4-6H2,1-3H3;4-6H2,1-3H3;8H,3-5H2,1-2H3;1-2H3. The number of nitrogens with zero attached hydrogens (tertiary/aromatic N) is 3. The van der Waals surface area contributed by atoms with Gasteiger partial charge < -0.3 is 5.11 Å². The van der Waals surface area contributed by atoms with Crippen LogP contribution in [0.1, 0.15) is 93.4 Å². The lowest BCUT2D eigenvalue weighted by Crippen LogP contribution is -2.31. The first-order valence-corrected chi connectivity index (χ1v) is 14.7. The van der Waals surface area contributed by atoms with Crippen molar-refractivity contribution < 1.29 is 40.8 Å². The first-order valence-electron chi connectivity index (χ1n) is 12.2. The third-order valence-corrected chi connectivity index (χ3v) is 6.16. The molecule has 0 aromatic carbocycles. The second-order valence-electron chi connectivity index (χ2n) is 10.0. The molecule has 0 aliphatic carbocycles. The predicted octanol–water partition coefficient (Wildman–Crippen LogP) is 4.04. The highest BCUT2D eigenvalue weighted by molar-refractivity contribution is 7.79. The van der Waals surface area contributed by atoms with Gasteiger partial charge in [0.05, 0.1) is 20.8 Å². The molecule has 0 aliphatic heterocycles. The molecule has 0 rings (SSSR count). The molecule has 2 unspecified atom stereocenters. The van der Waals surface area contributed by atoms with Gasteiger partial charge in [0.15, 0.2) is 11.1 Å². The van der Waals surface area contributed by atoms with E-state index in [1.807, 2.05) is 6.92 Å². The fraction of sp³-hybridized carbons (Fsp3) is 1.00. The summed E-state index contributed by atoms with van der Waals surface area (Å²) in [6.07, 6.45) is 5.89. The highest BCUT2D eigenvalue weighted by atomic mass is 32.2. The Kier molecular flexibility index (Phi) is 27.5. The predicted molar refractivity (Wildman–Crippen MR) is 150 cm³/mol. The lowest BCUT2D eigenvalue weighted by Gasteiger charge is -2.14. The number of hydrogen-bond acceptors (Lipinski definition) is 12. The van der Waals surface area contributed by atoms with E-state index in [-0.39, 0.29) is 28.0 Å². The van der Waals surface area contributed by atoms with Crippen LogP contribution >= 0.6 is 0 Å². The van der Waals surface area contributed by atoms with Crippen LogP contribution in [0.5, 0.6) is 0 Å². The van der Waals surface area contributed by atoms with Crippen molar-refractivity contribution in [3.05, 3.63) is 30.3 Å². The number of aliphatic hydroxyl groups excluding tert-OH is 1. The summed E-state index contributed by atoms with van der Waals surface area (Å²) in [4.78, 5) is 30.2. The molecule has 15 nitrogen and oxygen atoms in total. The molecule has 0 heterocycles. The quantitative estimate of drug-likeness (QED) is 0.149. The summed E-state index contributed by atoms with van der Waals surface area (Å²) < 4.78 is 33.6. The molecule has 0 radical (unpaired) electrons. The molecular weight excluding hydrogens is 562 g/mol. The maximum absolute atomic E-state index is 10.6. The summed E-state index contributed by atoms with van der Waals surface area (Å²) in [5, 5.41) is 39.5. The van der Waals surface area contributed by atoms with Crippen LogP contribution in [-0.4, -0.2) is 78.6 Å². The summed E-state index contributed by atoms with van der Waals surface area (Å²) >= 11 is -2.81. The van der Waals surface area contributed by atoms with Gasteiger partial charge in [-0.1, -0.05) is 13.3 Å². The van der Waals surface area contributed by atoms with E-state index in [0.29, 0.717) is 32.1 Å². The molecule has 0 aromatic heterocycles. The molecule has 0 aliphatic rings. The fourth-order valence-corrected chi connectivity index (χ4v) is 2.42. The van der Waals surface area contributed by atoms with Crippen molar-refractivity contribution in [2.45, 2.75) is 110 Å². The van der Waals surface area contributed by atoms with Crippen molar-refractivity contribution in [2.24, 2.45) is 0 Å². The number of rotatable bonds is 16. The van der Waals surface area contributed by atoms with E-state index in [9.17, 15) is 38.8 Å². The molecule has 0 bridgehead atoms. The smallest absolute Gasteiger partial charge is 0.304 e. The van der Waals surface area contributed by atoms with E-state index in [2.05, 4.69) is 8.37 Å². The Morgan fingerprint density at radius 2 is 1.05 bits per heavy atom. The van der Waals surface area contributed by atoms with Crippen molar-refractivity contribution in [2.75, 3.05) is 33.7 Å². The summed E-state index contributed by atoms with van der Waals surface area (Å²) in [6, 6.07) is 0. The average molecular weight is 612 g/mol. The van der Waals surface area contributed by atoms with E-state index in [0.717, 1.165) is 12.8 Å². The van der Waals surface area contributed by atoms with Gasteiger partial charge in [0.2, 0.25) is 16.6 Å². The van der Waals surface area contributed by atoms with Gasteiger partial charge in [-0.25, -0.2) is 4.21 Å². The van der Waals surface area contributed by atoms with Gasteiger partial charge >= 0.3 is 11.4 Å². The van der Waals surface area contributed by atoms with Crippen molar-refractivity contribution in [1.29, 1.82) is 0 Å². The van der Waals surface area contributed by atoms with E-state index < -0.39 is 39.1 Å². The summed E-state index contributed by atoms with van der Waals surface area (Å²) in [5.74, 6) is 0. The molecule has 0 spiro atoms. The number of unbranched alkanes of at least 4 members (excludes halogenated alkanes) is 1. The molecule has 0 fully saturated rings. The Bertz CT molecular complexity index is 705. The van der Waals surface area contributed by atoms with Crippen LogP contribution in [0.25, 0.3) is 0 Å². The molecule has 0 saturated carbocycles. The maximum atomic E-state index is 10.6. The first-order chi connectivity index (χ1) is 17.7. The Hall–Kier alpha value is -1.66. The average Bonchev–Trinajstić information content (AvgIpc) is 2.84. The van der Waals surface area contributed by atoms with E-state index in [1.165, 1.54) is 20.5 Å². The zero-order valence-corrected chi connectivity index (χ0v) is 26.6. The minimum Gasteiger partial charge on any atom is -0.396 e. The molecule has 39 heavy (non-hydrogen) atoms. The molecule has 1 N–H and O–H groups in total. The lowest BCUT2D eigenvalue weighted by atomic mass is 9.99. The number of hydrogen-bond donors (Lipinski definition) is 1. The van der Waals surface area contributed by atoms with Crippen molar-refractivity contribution in [3.63, 3.8) is 0 Å². The van der Waals surface area contributed by atoms with Crippen LogP contribution in [0.3, 0.4) is 0 Å². The molecule has 2 atom stereocenters. The van der Waals surface area contributed by atoms with Gasteiger partial charge in [-0.2, -0.15) is 4.21 Å². The normalized spacial score (nSPS) is 12.8. The summed E-state index contributed by atoms with van der Waals surface area (Å²) in [5.41, 5.74) is -2.57. The zero-order valence-electron chi connectivity index (χ0n) is 25.0. The first kappa shape index (κ1) is 44.4. The zero-order chi connectivity index (χ0) is 31.9. The SMILES string of the molecule is CC(C)(CCCO)[N+](=O)[O-].CCCCC(C)(C)[N+](=O)[O-].COS(=O)OCCCC(C)(C)[N+](=O)[O-].COS(C)=O.